The van der Waals surface area contributed by atoms with E-state index in [9.17, 15) is 4.79 Å². The normalized spacial score (nSPS) is 18.7. The lowest BCUT2D eigenvalue weighted by Crippen LogP contribution is -2.32. The third-order valence-corrected chi connectivity index (χ3v) is 3.14. The summed E-state index contributed by atoms with van der Waals surface area (Å²) in [6.45, 7) is 1.27. The van der Waals surface area contributed by atoms with Gasteiger partial charge in [0.05, 0.1) is 11.1 Å². The summed E-state index contributed by atoms with van der Waals surface area (Å²) in [5.41, 5.74) is 0.238. The first-order chi connectivity index (χ1) is 8.70. The van der Waals surface area contributed by atoms with Gasteiger partial charge in [0.2, 0.25) is 0 Å². The van der Waals surface area contributed by atoms with Crippen LogP contribution in [0, 0.1) is 0 Å². The van der Waals surface area contributed by atoms with E-state index < -0.39 is 0 Å². The van der Waals surface area contributed by atoms with E-state index in [0.29, 0.717) is 17.4 Å². The number of carbonyl (C=O) groups excluding carboxylic acids is 1. The largest absolute Gasteiger partial charge is 0.376 e. The summed E-state index contributed by atoms with van der Waals surface area (Å²) in [7, 11) is 1.74. The zero-order valence-electron chi connectivity index (χ0n) is 10.2. The summed E-state index contributed by atoms with van der Waals surface area (Å²) in [6.07, 6.45) is 2.15. The van der Waals surface area contributed by atoms with Gasteiger partial charge >= 0.3 is 0 Å². The van der Waals surface area contributed by atoms with Crippen LogP contribution in [0.3, 0.4) is 0 Å². The van der Waals surface area contributed by atoms with Crippen molar-refractivity contribution in [2.75, 3.05) is 25.5 Å². The van der Waals surface area contributed by atoms with Gasteiger partial charge in [-0.25, -0.2) is 4.98 Å². The number of rotatable bonds is 4. The van der Waals surface area contributed by atoms with Crippen LogP contribution in [0.25, 0.3) is 0 Å². The minimum absolute atomic E-state index is 0.111. The molecule has 0 bridgehead atoms. The summed E-state index contributed by atoms with van der Waals surface area (Å²) in [4.78, 5) is 16.1. The van der Waals surface area contributed by atoms with Gasteiger partial charge in [0.25, 0.3) is 5.91 Å². The Kier molecular flexibility index (Phi) is 4.38. The highest BCUT2D eigenvalue weighted by Crippen LogP contribution is 2.17. The molecule has 0 spiro atoms. The molecule has 0 saturated carbocycles. The maximum atomic E-state index is 11.9. The molecule has 1 aliphatic heterocycles. The van der Waals surface area contributed by atoms with Crippen LogP contribution in [-0.2, 0) is 4.74 Å². The summed E-state index contributed by atoms with van der Waals surface area (Å²) < 4.78 is 5.43. The van der Waals surface area contributed by atoms with Crippen molar-refractivity contribution in [2.24, 2.45) is 0 Å². The Morgan fingerprint density at radius 1 is 1.61 bits per heavy atom. The first kappa shape index (κ1) is 13.1. The molecular formula is C12H16ClN3O2. The molecule has 1 amide bonds. The summed E-state index contributed by atoms with van der Waals surface area (Å²) in [5, 5.41) is 6.01. The maximum Gasteiger partial charge on any atom is 0.271 e. The van der Waals surface area contributed by atoms with E-state index in [0.717, 1.165) is 19.4 Å². The number of carbonyl (C=O) groups is 1. The molecule has 1 saturated heterocycles. The summed E-state index contributed by atoms with van der Waals surface area (Å²) >= 11 is 5.96. The average Bonchev–Trinajstić information content (AvgIpc) is 2.89. The second-order valence-corrected chi connectivity index (χ2v) is 4.53. The number of hydrogen-bond donors (Lipinski definition) is 2. The van der Waals surface area contributed by atoms with Crippen molar-refractivity contribution >= 4 is 23.3 Å². The van der Waals surface area contributed by atoms with Gasteiger partial charge in [-0.15, -0.1) is 0 Å². The molecule has 5 nitrogen and oxygen atoms in total. The van der Waals surface area contributed by atoms with Crippen LogP contribution in [0.1, 0.15) is 23.3 Å². The van der Waals surface area contributed by atoms with Gasteiger partial charge < -0.3 is 15.4 Å². The first-order valence-electron chi connectivity index (χ1n) is 5.95. The monoisotopic (exact) mass is 269 g/mol. The van der Waals surface area contributed by atoms with Crippen molar-refractivity contribution < 1.29 is 9.53 Å². The predicted octanol–water partition coefficient (Wildman–Crippen LogP) is 1.69. The lowest BCUT2D eigenvalue weighted by Gasteiger charge is -2.11. The van der Waals surface area contributed by atoms with E-state index in [1.807, 2.05) is 0 Å². The first-order valence-corrected chi connectivity index (χ1v) is 6.32. The van der Waals surface area contributed by atoms with Crippen LogP contribution in [0.15, 0.2) is 12.1 Å². The molecule has 2 N–H and O–H groups in total. The predicted molar refractivity (Wildman–Crippen MR) is 70.1 cm³/mol. The van der Waals surface area contributed by atoms with Crippen LogP contribution in [0.2, 0.25) is 5.02 Å². The number of pyridine rings is 1. The van der Waals surface area contributed by atoms with E-state index in [-0.39, 0.29) is 17.7 Å². The fourth-order valence-electron chi connectivity index (χ4n) is 1.84. The Bertz CT molecular complexity index is 433. The molecule has 1 atom stereocenters. The number of nitrogens with one attached hydrogen (secondary N) is 2. The van der Waals surface area contributed by atoms with Crippen molar-refractivity contribution in [1.82, 2.24) is 10.3 Å². The molecule has 18 heavy (non-hydrogen) atoms. The highest BCUT2D eigenvalue weighted by atomic mass is 35.5. The molecule has 1 aliphatic rings. The molecule has 2 heterocycles. The highest BCUT2D eigenvalue weighted by Gasteiger charge is 2.18. The molecule has 2 rings (SSSR count). The average molecular weight is 270 g/mol. The second-order valence-electron chi connectivity index (χ2n) is 4.12. The topological polar surface area (TPSA) is 63.2 Å². The van der Waals surface area contributed by atoms with Crippen molar-refractivity contribution in [3.63, 3.8) is 0 Å². The standard InChI is InChI=1S/C12H16ClN3O2/c1-14-10-5-4-9(13)11(16-10)12(17)15-7-8-3-2-6-18-8/h4-5,8H,2-3,6-7H2,1H3,(H,14,16)(H,15,17). The third kappa shape index (κ3) is 3.11. The molecule has 0 radical (unpaired) electrons. The minimum Gasteiger partial charge on any atom is -0.376 e. The summed E-state index contributed by atoms with van der Waals surface area (Å²) in [6, 6.07) is 3.38. The Morgan fingerprint density at radius 2 is 2.44 bits per heavy atom. The van der Waals surface area contributed by atoms with Crippen molar-refractivity contribution in [3.05, 3.63) is 22.8 Å². The van der Waals surface area contributed by atoms with Gasteiger partial charge in [-0.05, 0) is 25.0 Å². The molecule has 98 valence electrons. The number of anilines is 1. The Balaban J connectivity index is 1.98. The number of amides is 1. The van der Waals surface area contributed by atoms with E-state index in [1.54, 1.807) is 19.2 Å². The third-order valence-electron chi connectivity index (χ3n) is 2.83. The van der Waals surface area contributed by atoms with Gasteiger partial charge in [-0.3, -0.25) is 4.79 Å². The fraction of sp³-hybridized carbons (Fsp3) is 0.500. The lowest BCUT2D eigenvalue weighted by atomic mass is 10.2. The van der Waals surface area contributed by atoms with E-state index in [2.05, 4.69) is 15.6 Å². The molecular weight excluding hydrogens is 254 g/mol. The van der Waals surface area contributed by atoms with Crippen LogP contribution < -0.4 is 10.6 Å². The maximum absolute atomic E-state index is 11.9. The van der Waals surface area contributed by atoms with Crippen molar-refractivity contribution in [1.29, 1.82) is 0 Å². The highest BCUT2D eigenvalue weighted by molar-refractivity contribution is 6.33. The molecule has 1 aromatic heterocycles. The van der Waals surface area contributed by atoms with E-state index >= 15 is 0 Å². The molecule has 1 unspecified atom stereocenters. The van der Waals surface area contributed by atoms with Crippen molar-refractivity contribution in [2.45, 2.75) is 18.9 Å². The zero-order chi connectivity index (χ0) is 13.0. The smallest absolute Gasteiger partial charge is 0.271 e. The van der Waals surface area contributed by atoms with Crippen LogP contribution in [0.4, 0.5) is 5.82 Å². The van der Waals surface area contributed by atoms with Gasteiger partial charge in [0, 0.05) is 20.2 Å². The minimum atomic E-state index is -0.271. The molecule has 0 aliphatic carbocycles. The van der Waals surface area contributed by atoms with Crippen LogP contribution in [-0.4, -0.2) is 37.2 Å². The van der Waals surface area contributed by atoms with Crippen LogP contribution in [0.5, 0.6) is 0 Å². The molecule has 0 aromatic carbocycles. The lowest BCUT2D eigenvalue weighted by molar-refractivity contribution is 0.0854. The summed E-state index contributed by atoms with van der Waals surface area (Å²) in [5.74, 6) is 0.342. The Labute approximate surface area is 111 Å². The fourth-order valence-corrected chi connectivity index (χ4v) is 2.03. The van der Waals surface area contributed by atoms with E-state index in [1.165, 1.54) is 0 Å². The van der Waals surface area contributed by atoms with Crippen molar-refractivity contribution in [3.8, 4) is 0 Å². The molecule has 1 fully saturated rings. The number of halogens is 1. The Hall–Kier alpha value is -1.33. The number of aromatic nitrogens is 1. The van der Waals surface area contributed by atoms with Crippen LogP contribution >= 0.6 is 11.6 Å². The number of ether oxygens (including phenoxy) is 1. The molecule has 6 heteroatoms. The number of hydrogen-bond acceptors (Lipinski definition) is 4. The second kappa shape index (κ2) is 6.02. The number of nitrogens with zero attached hydrogens (tertiary/aromatic N) is 1. The Morgan fingerprint density at radius 3 is 3.11 bits per heavy atom. The zero-order valence-corrected chi connectivity index (χ0v) is 11.0. The van der Waals surface area contributed by atoms with E-state index in [4.69, 9.17) is 16.3 Å². The van der Waals surface area contributed by atoms with Gasteiger partial charge in [0.15, 0.2) is 0 Å². The quantitative estimate of drug-likeness (QED) is 0.873. The SMILES string of the molecule is CNc1ccc(Cl)c(C(=O)NCC2CCCO2)n1. The van der Waals surface area contributed by atoms with Gasteiger partial charge in [-0.1, -0.05) is 11.6 Å². The molecule has 1 aromatic rings. The van der Waals surface area contributed by atoms with Gasteiger partial charge in [-0.2, -0.15) is 0 Å². The van der Waals surface area contributed by atoms with Gasteiger partial charge in [0.1, 0.15) is 11.5 Å².